The maximum Gasteiger partial charge on any atom is 0.0721 e. The summed E-state index contributed by atoms with van der Waals surface area (Å²) in [5.74, 6) is 0. The molecule has 0 bridgehead atoms. The molecule has 2 atom stereocenters. The van der Waals surface area contributed by atoms with Gasteiger partial charge in [-0.3, -0.25) is 9.80 Å². The van der Waals surface area contributed by atoms with Crippen molar-refractivity contribution in [3.63, 3.8) is 0 Å². The highest BCUT2D eigenvalue weighted by molar-refractivity contribution is 7.09. The van der Waals surface area contributed by atoms with Crippen molar-refractivity contribution in [1.29, 1.82) is 0 Å². The average molecular weight is 278 g/mol. The molecule has 0 amide bonds. The normalized spacial score (nSPS) is 28.4. The summed E-state index contributed by atoms with van der Waals surface area (Å²) >= 11 is 1.86. The third-order valence-corrected chi connectivity index (χ3v) is 4.93. The Balaban J connectivity index is 1.51. The van der Waals surface area contributed by atoms with Crippen LogP contribution in [0.4, 0.5) is 0 Å². The van der Waals surface area contributed by atoms with Gasteiger partial charge in [0.15, 0.2) is 0 Å². The van der Waals surface area contributed by atoms with Gasteiger partial charge in [0.2, 0.25) is 0 Å². The molecule has 0 radical (unpaired) electrons. The predicted molar refractivity (Wildman–Crippen MR) is 79.5 cm³/mol. The minimum atomic E-state index is 0.407. The molecule has 0 unspecified atom stereocenters. The lowest BCUT2D eigenvalue weighted by Gasteiger charge is -2.37. The molecular weight excluding hydrogens is 256 g/mol. The summed E-state index contributed by atoms with van der Waals surface area (Å²) in [4.78, 5) is 6.66. The fourth-order valence-electron chi connectivity index (χ4n) is 3.15. The van der Waals surface area contributed by atoms with Crippen LogP contribution in [0.5, 0.6) is 0 Å². The zero-order valence-electron chi connectivity index (χ0n) is 11.3. The van der Waals surface area contributed by atoms with Crippen molar-refractivity contribution in [1.82, 2.24) is 9.80 Å². The molecule has 3 rings (SSSR count). The zero-order chi connectivity index (χ0) is 13.1. The highest BCUT2D eigenvalue weighted by Gasteiger charge is 2.36. The van der Waals surface area contributed by atoms with Crippen LogP contribution < -0.4 is 0 Å². The fourth-order valence-corrected chi connectivity index (χ4v) is 3.90. The largest absolute Gasteiger partial charge is 0.373 e. The minimum absolute atomic E-state index is 0.407. The minimum Gasteiger partial charge on any atom is -0.373 e. The molecule has 1 aromatic rings. The number of hydrogen-bond acceptors (Lipinski definition) is 4. The molecule has 0 N–H and O–H groups in total. The number of nitrogens with zero attached hydrogens (tertiary/aromatic N) is 2. The van der Waals surface area contributed by atoms with E-state index in [2.05, 4.69) is 33.9 Å². The van der Waals surface area contributed by atoms with Gasteiger partial charge in [-0.25, -0.2) is 0 Å². The van der Waals surface area contributed by atoms with Gasteiger partial charge >= 0.3 is 0 Å². The third kappa shape index (κ3) is 3.26. The number of fused-ring (bicyclic) bond motifs is 1. The number of rotatable bonds is 5. The summed E-state index contributed by atoms with van der Waals surface area (Å²) in [6, 6.07) is 5.07. The van der Waals surface area contributed by atoms with Crippen LogP contribution in [0, 0.1) is 0 Å². The van der Waals surface area contributed by atoms with E-state index in [0.717, 1.165) is 13.1 Å². The monoisotopic (exact) mass is 278 g/mol. The van der Waals surface area contributed by atoms with Gasteiger partial charge in [-0.15, -0.1) is 17.9 Å². The third-order valence-electron chi connectivity index (χ3n) is 4.07. The quantitative estimate of drug-likeness (QED) is 0.768. The van der Waals surface area contributed by atoms with E-state index in [-0.39, 0.29) is 0 Å². The summed E-state index contributed by atoms with van der Waals surface area (Å²) in [5.41, 5.74) is 0. The van der Waals surface area contributed by atoms with E-state index < -0.39 is 0 Å². The fraction of sp³-hybridized carbons (Fsp3) is 0.600. The van der Waals surface area contributed by atoms with E-state index in [9.17, 15) is 0 Å². The average Bonchev–Trinajstić information content (AvgIpc) is 3.04. The first-order valence-corrected chi connectivity index (χ1v) is 7.94. The Morgan fingerprint density at radius 1 is 1.42 bits per heavy atom. The molecule has 4 heteroatoms. The van der Waals surface area contributed by atoms with Crippen LogP contribution in [-0.2, 0) is 11.3 Å². The topological polar surface area (TPSA) is 15.7 Å². The lowest BCUT2D eigenvalue weighted by molar-refractivity contribution is 0.0760. The number of hydrogen-bond donors (Lipinski definition) is 0. The number of thiophene rings is 1. The lowest BCUT2D eigenvalue weighted by Crippen LogP contribution is -2.49. The van der Waals surface area contributed by atoms with E-state index >= 15 is 0 Å². The van der Waals surface area contributed by atoms with Gasteiger partial charge in [0, 0.05) is 43.6 Å². The van der Waals surface area contributed by atoms with Crippen LogP contribution in [-0.4, -0.2) is 54.7 Å². The van der Waals surface area contributed by atoms with Gasteiger partial charge in [-0.2, -0.15) is 0 Å². The van der Waals surface area contributed by atoms with Crippen LogP contribution in [0.15, 0.2) is 30.2 Å². The maximum atomic E-state index is 5.81. The summed E-state index contributed by atoms with van der Waals surface area (Å²) in [6.07, 6.45) is 3.43. The van der Waals surface area contributed by atoms with E-state index in [1.165, 1.54) is 30.9 Å². The van der Waals surface area contributed by atoms with Gasteiger partial charge in [0.25, 0.3) is 0 Å². The Morgan fingerprint density at radius 2 is 2.37 bits per heavy atom. The number of ether oxygens (including phenoxy) is 1. The molecule has 104 valence electrons. The lowest BCUT2D eigenvalue weighted by atomic mass is 10.1. The van der Waals surface area contributed by atoms with E-state index in [1.807, 2.05) is 17.4 Å². The Bertz CT molecular complexity index is 406. The van der Waals surface area contributed by atoms with Crippen molar-refractivity contribution in [2.45, 2.75) is 25.1 Å². The Hall–Kier alpha value is -0.680. The van der Waals surface area contributed by atoms with Gasteiger partial charge in [0.1, 0.15) is 0 Å². The highest BCUT2D eigenvalue weighted by atomic mass is 32.1. The Labute approximate surface area is 119 Å². The SMILES string of the molecule is C=CCO[C@@H]1C[C@@H]2CN(Cc3cccs3)CCN2C1. The molecule has 19 heavy (non-hydrogen) atoms. The van der Waals surface area contributed by atoms with E-state index in [4.69, 9.17) is 4.74 Å². The first-order chi connectivity index (χ1) is 9.35. The summed E-state index contributed by atoms with van der Waals surface area (Å²) < 4.78 is 5.81. The Kier molecular flexibility index (Phi) is 4.33. The smallest absolute Gasteiger partial charge is 0.0721 e. The van der Waals surface area contributed by atoms with Crippen LogP contribution in [0.3, 0.4) is 0 Å². The van der Waals surface area contributed by atoms with Gasteiger partial charge in [-0.1, -0.05) is 12.1 Å². The van der Waals surface area contributed by atoms with E-state index in [1.54, 1.807) is 0 Å². The summed E-state index contributed by atoms with van der Waals surface area (Å²) in [6.45, 7) is 10.2. The molecule has 3 heterocycles. The molecule has 3 nitrogen and oxygen atoms in total. The van der Waals surface area contributed by atoms with Crippen molar-refractivity contribution in [3.05, 3.63) is 35.0 Å². The second-order valence-electron chi connectivity index (χ2n) is 5.44. The maximum absolute atomic E-state index is 5.81. The molecule has 2 saturated heterocycles. The molecule has 2 fully saturated rings. The van der Waals surface area contributed by atoms with Gasteiger partial charge in [-0.05, 0) is 17.9 Å². The van der Waals surface area contributed by atoms with Crippen LogP contribution >= 0.6 is 11.3 Å². The first-order valence-electron chi connectivity index (χ1n) is 7.06. The molecular formula is C15H22N2OS. The second kappa shape index (κ2) is 6.18. The molecule has 0 aliphatic carbocycles. The van der Waals surface area contributed by atoms with Gasteiger partial charge in [0.05, 0.1) is 12.7 Å². The van der Waals surface area contributed by atoms with Crippen LogP contribution in [0.1, 0.15) is 11.3 Å². The summed E-state index contributed by atoms with van der Waals surface area (Å²) in [5, 5.41) is 2.17. The van der Waals surface area contributed by atoms with Gasteiger partial charge < -0.3 is 4.74 Å². The van der Waals surface area contributed by atoms with Crippen molar-refractivity contribution in [2.24, 2.45) is 0 Å². The molecule has 0 aromatic carbocycles. The second-order valence-corrected chi connectivity index (χ2v) is 6.48. The van der Waals surface area contributed by atoms with Crippen LogP contribution in [0.25, 0.3) is 0 Å². The van der Waals surface area contributed by atoms with Crippen molar-refractivity contribution in [2.75, 3.05) is 32.8 Å². The van der Waals surface area contributed by atoms with Crippen molar-refractivity contribution >= 4 is 11.3 Å². The van der Waals surface area contributed by atoms with E-state index in [0.29, 0.717) is 18.8 Å². The molecule has 2 aliphatic heterocycles. The highest BCUT2D eigenvalue weighted by Crippen LogP contribution is 2.25. The standard InChI is InChI=1S/C15H22N2OS/c1-2-7-18-14-9-13-10-16(5-6-17(13)11-14)12-15-4-3-8-19-15/h2-4,8,13-14H,1,5-7,9-12H2/t13-,14-/m1/s1. The molecule has 0 saturated carbocycles. The first kappa shape index (κ1) is 13.3. The Morgan fingerprint density at radius 3 is 3.16 bits per heavy atom. The molecule has 1 aromatic heterocycles. The molecule has 2 aliphatic rings. The van der Waals surface area contributed by atoms with Crippen LogP contribution in [0.2, 0.25) is 0 Å². The molecule has 0 spiro atoms. The zero-order valence-corrected chi connectivity index (χ0v) is 12.1. The number of piperazine rings is 1. The summed E-state index contributed by atoms with van der Waals surface area (Å²) in [7, 11) is 0. The van der Waals surface area contributed by atoms with Crippen molar-refractivity contribution < 1.29 is 4.74 Å². The predicted octanol–water partition coefficient (Wildman–Crippen LogP) is 2.21. The van der Waals surface area contributed by atoms with Crippen molar-refractivity contribution in [3.8, 4) is 0 Å².